The first-order chi connectivity index (χ1) is 12.4. The smallest absolute Gasteiger partial charge is 0.243 e. The van der Waals surface area contributed by atoms with E-state index in [-0.39, 0.29) is 48.3 Å². The van der Waals surface area contributed by atoms with E-state index in [0.29, 0.717) is 12.1 Å². The Kier molecular flexibility index (Phi) is 5.59. The number of nitrogens with two attached hydrogens (primary N) is 1. The Morgan fingerprint density at radius 1 is 1.31 bits per heavy atom. The molecule has 0 spiro atoms. The van der Waals surface area contributed by atoms with Crippen LogP contribution in [0.25, 0.3) is 0 Å². The molecule has 4 N–H and O–H groups in total. The molecule has 2 amide bonds. The van der Waals surface area contributed by atoms with Crippen LogP contribution in [0.5, 0.6) is 0 Å². The first-order valence-corrected chi connectivity index (χ1v) is 10.2. The SMILES string of the molecule is NC1CCCC(C(=O)Nc2cccc(S(=O)(=O)N3CCNC(=O)C3)c2)C1. The molecular weight excluding hydrogens is 356 g/mol. The molecule has 9 heteroatoms. The molecule has 1 aromatic rings. The summed E-state index contributed by atoms with van der Waals surface area (Å²) < 4.78 is 26.6. The van der Waals surface area contributed by atoms with Gasteiger partial charge in [0.25, 0.3) is 0 Å². The van der Waals surface area contributed by atoms with Crippen LogP contribution in [0.1, 0.15) is 25.7 Å². The van der Waals surface area contributed by atoms with Crippen LogP contribution in [-0.4, -0.2) is 50.2 Å². The summed E-state index contributed by atoms with van der Waals surface area (Å²) >= 11 is 0. The van der Waals surface area contributed by atoms with Crippen molar-refractivity contribution in [2.75, 3.05) is 25.0 Å². The molecular formula is C17H24N4O4S. The van der Waals surface area contributed by atoms with Gasteiger partial charge in [-0.25, -0.2) is 8.42 Å². The average molecular weight is 380 g/mol. The van der Waals surface area contributed by atoms with Crippen LogP contribution in [0, 0.1) is 5.92 Å². The highest BCUT2D eigenvalue weighted by molar-refractivity contribution is 7.89. The first kappa shape index (κ1) is 18.8. The van der Waals surface area contributed by atoms with Crippen molar-refractivity contribution < 1.29 is 18.0 Å². The third-order valence-corrected chi connectivity index (χ3v) is 6.67. The second-order valence-electron chi connectivity index (χ2n) is 6.83. The molecule has 1 heterocycles. The fraction of sp³-hybridized carbons (Fsp3) is 0.529. The molecule has 1 aromatic carbocycles. The van der Waals surface area contributed by atoms with Crippen LogP contribution in [0.2, 0.25) is 0 Å². The largest absolute Gasteiger partial charge is 0.354 e. The molecule has 8 nitrogen and oxygen atoms in total. The van der Waals surface area contributed by atoms with Crippen molar-refractivity contribution >= 4 is 27.5 Å². The highest BCUT2D eigenvalue weighted by atomic mass is 32.2. The second-order valence-corrected chi connectivity index (χ2v) is 8.77. The highest BCUT2D eigenvalue weighted by Gasteiger charge is 2.30. The van der Waals surface area contributed by atoms with Crippen molar-refractivity contribution in [2.24, 2.45) is 11.7 Å². The number of piperazine rings is 1. The van der Waals surface area contributed by atoms with Crippen molar-refractivity contribution in [2.45, 2.75) is 36.6 Å². The minimum Gasteiger partial charge on any atom is -0.354 e. The Bertz CT molecular complexity index is 796. The maximum atomic E-state index is 12.7. The van der Waals surface area contributed by atoms with Gasteiger partial charge in [-0.3, -0.25) is 9.59 Å². The van der Waals surface area contributed by atoms with E-state index >= 15 is 0 Å². The predicted molar refractivity (Wildman–Crippen MR) is 96.8 cm³/mol. The lowest BCUT2D eigenvalue weighted by molar-refractivity contribution is -0.122. The summed E-state index contributed by atoms with van der Waals surface area (Å²) in [6.07, 6.45) is 3.29. The Morgan fingerprint density at radius 2 is 2.12 bits per heavy atom. The normalized spacial score (nSPS) is 24.7. The van der Waals surface area contributed by atoms with Gasteiger partial charge in [-0.15, -0.1) is 0 Å². The van der Waals surface area contributed by atoms with Crippen molar-refractivity contribution in [1.29, 1.82) is 0 Å². The lowest BCUT2D eigenvalue weighted by Crippen LogP contribution is -2.49. The molecule has 2 aliphatic rings. The molecule has 0 radical (unpaired) electrons. The molecule has 142 valence electrons. The summed E-state index contributed by atoms with van der Waals surface area (Å²) in [5, 5.41) is 5.40. The molecule has 2 fully saturated rings. The van der Waals surface area contributed by atoms with E-state index < -0.39 is 10.0 Å². The number of anilines is 1. The van der Waals surface area contributed by atoms with E-state index in [0.717, 1.165) is 23.6 Å². The van der Waals surface area contributed by atoms with E-state index in [2.05, 4.69) is 10.6 Å². The zero-order valence-corrected chi connectivity index (χ0v) is 15.3. The number of sulfonamides is 1. The lowest BCUT2D eigenvalue weighted by atomic mass is 9.85. The minimum atomic E-state index is -3.79. The quantitative estimate of drug-likeness (QED) is 0.692. The van der Waals surface area contributed by atoms with Crippen LogP contribution in [0.15, 0.2) is 29.2 Å². The topological polar surface area (TPSA) is 122 Å². The van der Waals surface area contributed by atoms with Gasteiger partial charge >= 0.3 is 0 Å². The summed E-state index contributed by atoms with van der Waals surface area (Å²) in [4.78, 5) is 24.0. The number of nitrogens with one attached hydrogen (secondary N) is 2. The number of amides is 2. The molecule has 1 saturated carbocycles. The van der Waals surface area contributed by atoms with Crippen LogP contribution in [0.3, 0.4) is 0 Å². The second kappa shape index (κ2) is 7.73. The van der Waals surface area contributed by atoms with Crippen molar-refractivity contribution in [3.8, 4) is 0 Å². The minimum absolute atomic E-state index is 0.0384. The number of carbonyl (C=O) groups excluding carboxylic acids is 2. The van der Waals surface area contributed by atoms with Crippen LogP contribution in [-0.2, 0) is 19.6 Å². The molecule has 26 heavy (non-hydrogen) atoms. The van der Waals surface area contributed by atoms with Gasteiger partial charge < -0.3 is 16.4 Å². The third-order valence-electron chi connectivity index (χ3n) is 4.83. The summed E-state index contributed by atoms with van der Waals surface area (Å²) in [7, 11) is -3.79. The van der Waals surface area contributed by atoms with E-state index in [4.69, 9.17) is 5.73 Å². The van der Waals surface area contributed by atoms with Gasteiger partial charge in [0.2, 0.25) is 21.8 Å². The molecule has 0 bridgehead atoms. The van der Waals surface area contributed by atoms with Crippen LogP contribution < -0.4 is 16.4 Å². The van der Waals surface area contributed by atoms with E-state index in [1.54, 1.807) is 12.1 Å². The maximum absolute atomic E-state index is 12.7. The number of nitrogens with zero attached hydrogens (tertiary/aromatic N) is 1. The molecule has 0 aromatic heterocycles. The zero-order valence-electron chi connectivity index (χ0n) is 14.5. The number of rotatable bonds is 4. The number of hydrogen-bond donors (Lipinski definition) is 3. The lowest BCUT2D eigenvalue weighted by Gasteiger charge is -2.26. The number of hydrogen-bond acceptors (Lipinski definition) is 5. The van der Waals surface area contributed by atoms with Gasteiger partial charge in [0, 0.05) is 30.7 Å². The van der Waals surface area contributed by atoms with Crippen molar-refractivity contribution in [1.82, 2.24) is 9.62 Å². The molecule has 1 aliphatic heterocycles. The monoisotopic (exact) mass is 380 g/mol. The average Bonchev–Trinajstić information content (AvgIpc) is 2.62. The molecule has 2 atom stereocenters. The summed E-state index contributed by atoms with van der Waals surface area (Å²) in [6.45, 7) is 0.319. The number of carbonyl (C=O) groups is 2. The van der Waals surface area contributed by atoms with E-state index in [9.17, 15) is 18.0 Å². The van der Waals surface area contributed by atoms with Gasteiger partial charge in [-0.2, -0.15) is 4.31 Å². The Balaban J connectivity index is 1.73. The van der Waals surface area contributed by atoms with Gasteiger partial charge in [0.15, 0.2) is 0 Å². The number of benzene rings is 1. The fourth-order valence-electron chi connectivity index (χ4n) is 3.41. The van der Waals surface area contributed by atoms with Gasteiger partial charge in [0.05, 0.1) is 11.4 Å². The highest BCUT2D eigenvalue weighted by Crippen LogP contribution is 2.25. The van der Waals surface area contributed by atoms with Crippen molar-refractivity contribution in [3.05, 3.63) is 24.3 Å². The molecule has 1 aliphatic carbocycles. The van der Waals surface area contributed by atoms with Crippen molar-refractivity contribution in [3.63, 3.8) is 0 Å². The van der Waals surface area contributed by atoms with E-state index in [1.165, 1.54) is 12.1 Å². The zero-order chi connectivity index (χ0) is 18.7. The Hall–Kier alpha value is -1.97. The summed E-state index contributed by atoms with van der Waals surface area (Å²) in [5.74, 6) is -0.602. The van der Waals surface area contributed by atoms with Crippen LogP contribution >= 0.6 is 0 Å². The predicted octanol–water partition coefficient (Wildman–Crippen LogP) is 0.263. The van der Waals surface area contributed by atoms with Gasteiger partial charge in [-0.05, 0) is 37.5 Å². The first-order valence-electron chi connectivity index (χ1n) is 8.79. The van der Waals surface area contributed by atoms with Crippen LogP contribution in [0.4, 0.5) is 5.69 Å². The molecule has 2 unspecified atom stereocenters. The Labute approximate surface area is 153 Å². The molecule has 1 saturated heterocycles. The van der Waals surface area contributed by atoms with Gasteiger partial charge in [0.1, 0.15) is 0 Å². The van der Waals surface area contributed by atoms with Gasteiger partial charge in [-0.1, -0.05) is 12.5 Å². The van der Waals surface area contributed by atoms with E-state index in [1.807, 2.05) is 0 Å². The fourth-order valence-corrected chi connectivity index (χ4v) is 4.86. The third kappa shape index (κ3) is 4.22. The standard InChI is InChI=1S/C17H24N4O4S/c18-13-4-1-3-12(9-13)17(23)20-14-5-2-6-15(10-14)26(24,25)21-8-7-19-16(22)11-21/h2,5-6,10,12-13H,1,3-4,7-9,11,18H2,(H,19,22)(H,20,23). The summed E-state index contributed by atoms with van der Waals surface area (Å²) in [6, 6.07) is 6.18. The molecule has 3 rings (SSSR count). The summed E-state index contributed by atoms with van der Waals surface area (Å²) in [5.41, 5.74) is 6.36. The Morgan fingerprint density at radius 3 is 2.85 bits per heavy atom. The maximum Gasteiger partial charge on any atom is 0.243 e.